The zero-order valence-corrected chi connectivity index (χ0v) is 19.9. The van der Waals surface area contributed by atoms with Crippen LogP contribution in [0.2, 0.25) is 0 Å². The molecule has 29 heavy (non-hydrogen) atoms. The molecule has 0 saturated carbocycles. The Bertz CT molecular complexity index is 963. The van der Waals surface area contributed by atoms with Crippen molar-refractivity contribution in [2.24, 2.45) is 4.99 Å². The Labute approximate surface area is 189 Å². The molecule has 0 amide bonds. The third kappa shape index (κ3) is 5.81. The van der Waals surface area contributed by atoms with Crippen LogP contribution in [0.3, 0.4) is 0 Å². The van der Waals surface area contributed by atoms with Gasteiger partial charge in [0.05, 0.1) is 24.3 Å². The van der Waals surface area contributed by atoms with Gasteiger partial charge in [-0.05, 0) is 38.5 Å². The van der Waals surface area contributed by atoms with E-state index >= 15 is 0 Å². The van der Waals surface area contributed by atoms with Crippen LogP contribution >= 0.6 is 24.0 Å². The van der Waals surface area contributed by atoms with E-state index in [0.29, 0.717) is 19.0 Å². The molecule has 0 radical (unpaired) electrons. The second-order valence-corrected chi connectivity index (χ2v) is 6.85. The first kappa shape index (κ1) is 22.9. The molecule has 0 aliphatic heterocycles. The van der Waals surface area contributed by atoms with Gasteiger partial charge in [-0.1, -0.05) is 18.2 Å². The maximum Gasteiger partial charge on any atom is 0.214 e. The van der Waals surface area contributed by atoms with Crippen LogP contribution in [0.1, 0.15) is 29.8 Å². The predicted molar refractivity (Wildman–Crippen MR) is 129 cm³/mol. The van der Waals surface area contributed by atoms with Crippen LogP contribution in [-0.2, 0) is 13.1 Å². The lowest BCUT2D eigenvalue weighted by molar-refractivity contribution is 0.463. The number of hydrogen-bond donors (Lipinski definition) is 2. The van der Waals surface area contributed by atoms with Crippen molar-refractivity contribution >= 4 is 46.7 Å². The van der Waals surface area contributed by atoms with Gasteiger partial charge >= 0.3 is 0 Å². The highest BCUT2D eigenvalue weighted by Crippen LogP contribution is 2.22. The Morgan fingerprint density at radius 2 is 1.90 bits per heavy atom. The number of benzene rings is 1. The zero-order valence-electron chi connectivity index (χ0n) is 17.6. The number of aromatic nitrogens is 2. The fourth-order valence-electron chi connectivity index (χ4n) is 2.87. The lowest BCUT2D eigenvalue weighted by Gasteiger charge is -2.15. The highest BCUT2D eigenvalue weighted by atomic mass is 127. The molecule has 0 fully saturated rings. The van der Waals surface area contributed by atoms with Gasteiger partial charge in [0.25, 0.3) is 0 Å². The summed E-state index contributed by atoms with van der Waals surface area (Å²) in [5.74, 6) is 3.15. The lowest BCUT2D eigenvalue weighted by atomic mass is 10.1. The first-order chi connectivity index (χ1) is 13.5. The number of nitrogens with one attached hydrogen (secondary N) is 2. The molecule has 8 heteroatoms. The summed E-state index contributed by atoms with van der Waals surface area (Å²) in [7, 11) is 3.99. The Morgan fingerprint density at radius 3 is 2.55 bits per heavy atom. The normalized spacial score (nSPS) is 11.3. The summed E-state index contributed by atoms with van der Waals surface area (Å²) >= 11 is 0. The van der Waals surface area contributed by atoms with Crippen molar-refractivity contribution in [3.8, 4) is 0 Å². The van der Waals surface area contributed by atoms with Crippen LogP contribution in [0, 0.1) is 13.8 Å². The number of fused-ring (bicyclic) bond motifs is 1. The minimum absolute atomic E-state index is 0. The Morgan fingerprint density at radius 1 is 1.14 bits per heavy atom. The summed E-state index contributed by atoms with van der Waals surface area (Å²) in [6.45, 7) is 7.71. The summed E-state index contributed by atoms with van der Waals surface area (Å²) in [6.07, 6.45) is 0. The van der Waals surface area contributed by atoms with Crippen molar-refractivity contribution < 1.29 is 4.42 Å². The van der Waals surface area contributed by atoms with Crippen LogP contribution in [0.25, 0.3) is 10.9 Å². The summed E-state index contributed by atoms with van der Waals surface area (Å²) in [5, 5.41) is 7.68. The van der Waals surface area contributed by atoms with Crippen molar-refractivity contribution in [2.75, 3.05) is 25.5 Å². The summed E-state index contributed by atoms with van der Waals surface area (Å²) in [5.41, 5.74) is 3.02. The molecule has 0 saturated heterocycles. The van der Waals surface area contributed by atoms with Crippen LogP contribution < -0.4 is 15.5 Å². The minimum Gasteiger partial charge on any atom is -0.444 e. The molecule has 0 aliphatic rings. The van der Waals surface area contributed by atoms with E-state index in [0.717, 1.165) is 46.2 Å². The summed E-state index contributed by atoms with van der Waals surface area (Å²) in [6, 6.07) is 10.3. The molecule has 0 aliphatic carbocycles. The second kappa shape index (κ2) is 10.4. The smallest absolute Gasteiger partial charge is 0.214 e. The molecule has 2 N–H and O–H groups in total. The molecule has 0 bridgehead atoms. The largest absolute Gasteiger partial charge is 0.444 e. The SMILES string of the molecule is CCNC(=NCc1cc(N(C)C)nc2ccccc12)NCc1nc(C)c(C)o1.I. The molecular formula is C21H29IN6O. The maximum absolute atomic E-state index is 5.64. The minimum atomic E-state index is 0. The molecular weight excluding hydrogens is 479 g/mol. The first-order valence-electron chi connectivity index (χ1n) is 9.49. The van der Waals surface area contributed by atoms with E-state index in [1.165, 1.54) is 0 Å². The number of para-hydroxylation sites is 1. The van der Waals surface area contributed by atoms with Crippen molar-refractivity contribution in [3.63, 3.8) is 0 Å². The van der Waals surface area contributed by atoms with Gasteiger partial charge in [-0.3, -0.25) is 0 Å². The number of rotatable bonds is 6. The van der Waals surface area contributed by atoms with Crippen molar-refractivity contribution in [2.45, 2.75) is 33.9 Å². The topological polar surface area (TPSA) is 78.6 Å². The molecule has 3 aromatic rings. The van der Waals surface area contributed by atoms with E-state index in [1.807, 2.05) is 58.0 Å². The third-order valence-electron chi connectivity index (χ3n) is 4.48. The third-order valence-corrected chi connectivity index (χ3v) is 4.48. The van der Waals surface area contributed by atoms with E-state index in [4.69, 9.17) is 14.4 Å². The van der Waals surface area contributed by atoms with E-state index in [-0.39, 0.29) is 24.0 Å². The van der Waals surface area contributed by atoms with Gasteiger partial charge in [-0.25, -0.2) is 15.0 Å². The van der Waals surface area contributed by atoms with Crippen LogP contribution in [0.5, 0.6) is 0 Å². The van der Waals surface area contributed by atoms with Gasteiger partial charge in [-0.2, -0.15) is 0 Å². The number of halogens is 1. The number of aryl methyl sites for hydroxylation is 2. The highest BCUT2D eigenvalue weighted by Gasteiger charge is 2.09. The van der Waals surface area contributed by atoms with Gasteiger partial charge in [0.15, 0.2) is 5.96 Å². The van der Waals surface area contributed by atoms with E-state index < -0.39 is 0 Å². The van der Waals surface area contributed by atoms with E-state index in [1.54, 1.807) is 0 Å². The van der Waals surface area contributed by atoms with Crippen molar-refractivity contribution in [1.29, 1.82) is 0 Å². The molecule has 0 atom stereocenters. The van der Waals surface area contributed by atoms with Gasteiger partial charge in [0.1, 0.15) is 11.6 Å². The zero-order chi connectivity index (χ0) is 20.1. The summed E-state index contributed by atoms with van der Waals surface area (Å²) < 4.78 is 5.64. The highest BCUT2D eigenvalue weighted by molar-refractivity contribution is 14.0. The lowest BCUT2D eigenvalue weighted by Crippen LogP contribution is -2.36. The van der Waals surface area contributed by atoms with Crippen LogP contribution in [-0.4, -0.2) is 36.6 Å². The maximum atomic E-state index is 5.64. The molecule has 156 valence electrons. The number of pyridine rings is 1. The summed E-state index contributed by atoms with van der Waals surface area (Å²) in [4.78, 5) is 15.9. The van der Waals surface area contributed by atoms with E-state index in [2.05, 4.69) is 27.8 Å². The standard InChI is InChI=1S/C21H28N6O.HI/c1-6-22-21(24-13-20-25-14(2)15(3)28-20)23-12-16-11-19(27(4)5)26-18-10-8-7-9-17(16)18;/h7-11H,6,12-13H2,1-5H3,(H2,22,23,24);1H. The average molecular weight is 508 g/mol. The van der Waals surface area contributed by atoms with Gasteiger partial charge in [-0.15, -0.1) is 24.0 Å². The number of guanidine groups is 1. The average Bonchev–Trinajstić information content (AvgIpc) is 3.01. The number of nitrogens with zero attached hydrogens (tertiary/aromatic N) is 4. The first-order valence-corrected chi connectivity index (χ1v) is 9.49. The Kier molecular flexibility index (Phi) is 8.24. The molecule has 0 unspecified atom stereocenters. The fraction of sp³-hybridized carbons (Fsp3) is 0.381. The second-order valence-electron chi connectivity index (χ2n) is 6.85. The number of anilines is 1. The quantitative estimate of drug-likeness (QED) is 0.300. The fourth-order valence-corrected chi connectivity index (χ4v) is 2.87. The van der Waals surface area contributed by atoms with Crippen LogP contribution in [0.4, 0.5) is 5.82 Å². The van der Waals surface area contributed by atoms with Crippen molar-refractivity contribution in [3.05, 3.63) is 53.2 Å². The monoisotopic (exact) mass is 508 g/mol. The van der Waals surface area contributed by atoms with E-state index in [9.17, 15) is 0 Å². The van der Waals surface area contributed by atoms with Gasteiger partial charge in [0.2, 0.25) is 5.89 Å². The van der Waals surface area contributed by atoms with Crippen molar-refractivity contribution in [1.82, 2.24) is 20.6 Å². The Balaban J connectivity index is 0.00000300. The predicted octanol–water partition coefficient (Wildman–Crippen LogP) is 3.78. The number of oxazole rings is 1. The molecule has 0 spiro atoms. The number of hydrogen-bond acceptors (Lipinski definition) is 5. The van der Waals surface area contributed by atoms with Gasteiger partial charge in [0, 0.05) is 26.0 Å². The molecule has 2 heterocycles. The molecule has 2 aromatic heterocycles. The molecule has 3 rings (SSSR count). The number of aliphatic imine (C=N–C) groups is 1. The Hall–Kier alpha value is -2.36. The molecule has 7 nitrogen and oxygen atoms in total. The van der Waals surface area contributed by atoms with Crippen LogP contribution in [0.15, 0.2) is 39.7 Å². The molecule has 1 aromatic carbocycles. The van der Waals surface area contributed by atoms with Gasteiger partial charge < -0.3 is 20.0 Å².